The van der Waals surface area contributed by atoms with E-state index in [1.54, 1.807) is 0 Å². The zero-order chi connectivity index (χ0) is 17.3. The van der Waals surface area contributed by atoms with Gasteiger partial charge in [-0.15, -0.1) is 0 Å². The Kier molecular flexibility index (Phi) is 4.51. The van der Waals surface area contributed by atoms with Gasteiger partial charge in [-0.05, 0) is 42.8 Å². The standard InChI is InChI=1S/C16H14F3NO3S/c17-11-4-6-12(7-5-11)23-13-8-9-20(10-13)24(21,22)16-14(18)2-1-3-15(16)19/h1-7,13H,8-10H2/t13-/m0/s1. The van der Waals surface area contributed by atoms with Gasteiger partial charge in [-0.25, -0.2) is 21.6 Å². The first-order valence-electron chi connectivity index (χ1n) is 7.24. The molecule has 8 heteroatoms. The van der Waals surface area contributed by atoms with Crippen molar-refractivity contribution in [2.45, 2.75) is 17.4 Å². The summed E-state index contributed by atoms with van der Waals surface area (Å²) in [5.74, 6) is -2.26. The van der Waals surface area contributed by atoms with Crippen molar-refractivity contribution in [3.8, 4) is 5.75 Å². The number of nitrogens with zero attached hydrogens (tertiary/aromatic N) is 1. The molecule has 2 aromatic carbocycles. The molecule has 3 rings (SSSR count). The maximum Gasteiger partial charge on any atom is 0.249 e. The number of rotatable bonds is 4. The van der Waals surface area contributed by atoms with Crippen molar-refractivity contribution in [3.05, 3.63) is 59.9 Å². The summed E-state index contributed by atoms with van der Waals surface area (Å²) < 4.78 is 71.9. The number of sulfonamides is 1. The van der Waals surface area contributed by atoms with Crippen molar-refractivity contribution >= 4 is 10.0 Å². The van der Waals surface area contributed by atoms with Gasteiger partial charge in [-0.3, -0.25) is 0 Å². The number of halogens is 3. The molecule has 1 saturated heterocycles. The monoisotopic (exact) mass is 357 g/mol. The molecule has 1 atom stereocenters. The quantitative estimate of drug-likeness (QED) is 0.845. The van der Waals surface area contributed by atoms with Crippen LogP contribution in [-0.4, -0.2) is 31.9 Å². The fraction of sp³-hybridized carbons (Fsp3) is 0.250. The Hall–Kier alpha value is -2.06. The van der Waals surface area contributed by atoms with E-state index < -0.39 is 38.5 Å². The van der Waals surface area contributed by atoms with Crippen LogP contribution in [0.25, 0.3) is 0 Å². The van der Waals surface area contributed by atoms with Crippen LogP contribution >= 0.6 is 0 Å². The maximum atomic E-state index is 13.8. The van der Waals surface area contributed by atoms with Crippen molar-refractivity contribution in [3.63, 3.8) is 0 Å². The van der Waals surface area contributed by atoms with Gasteiger partial charge in [0, 0.05) is 6.54 Å². The topological polar surface area (TPSA) is 46.6 Å². The number of hydrogen-bond donors (Lipinski definition) is 0. The second kappa shape index (κ2) is 6.45. The highest BCUT2D eigenvalue weighted by Gasteiger charge is 2.36. The Morgan fingerprint density at radius 2 is 1.62 bits per heavy atom. The summed E-state index contributed by atoms with van der Waals surface area (Å²) in [5, 5.41) is 0. The van der Waals surface area contributed by atoms with Gasteiger partial charge < -0.3 is 4.74 Å². The molecule has 1 aliphatic heterocycles. The summed E-state index contributed by atoms with van der Waals surface area (Å²) in [7, 11) is -4.29. The van der Waals surface area contributed by atoms with Crippen LogP contribution in [0, 0.1) is 17.5 Å². The molecule has 0 N–H and O–H groups in total. The molecule has 0 spiro atoms. The predicted molar refractivity (Wildman–Crippen MR) is 80.5 cm³/mol. The number of ether oxygens (including phenoxy) is 1. The molecule has 128 valence electrons. The molecule has 4 nitrogen and oxygen atoms in total. The first-order valence-corrected chi connectivity index (χ1v) is 8.68. The lowest BCUT2D eigenvalue weighted by Crippen LogP contribution is -2.32. The van der Waals surface area contributed by atoms with Gasteiger partial charge in [-0.2, -0.15) is 4.31 Å². The normalized spacial score (nSPS) is 18.7. The zero-order valence-corrected chi connectivity index (χ0v) is 13.3. The van der Waals surface area contributed by atoms with Gasteiger partial charge in [0.1, 0.15) is 29.3 Å². The van der Waals surface area contributed by atoms with Crippen LogP contribution in [0.5, 0.6) is 5.75 Å². The first-order chi connectivity index (χ1) is 11.4. The van der Waals surface area contributed by atoms with E-state index in [0.717, 1.165) is 22.5 Å². The molecule has 0 bridgehead atoms. The van der Waals surface area contributed by atoms with Crippen molar-refractivity contribution < 1.29 is 26.3 Å². The average Bonchev–Trinajstić information content (AvgIpc) is 2.98. The van der Waals surface area contributed by atoms with Crippen LogP contribution in [0.3, 0.4) is 0 Å². The van der Waals surface area contributed by atoms with Gasteiger partial charge >= 0.3 is 0 Å². The minimum atomic E-state index is -4.29. The summed E-state index contributed by atoms with van der Waals surface area (Å²) in [6.45, 7) is 0.0510. The van der Waals surface area contributed by atoms with Crippen molar-refractivity contribution in [1.82, 2.24) is 4.31 Å². The van der Waals surface area contributed by atoms with E-state index >= 15 is 0 Å². The molecule has 0 amide bonds. The fourth-order valence-electron chi connectivity index (χ4n) is 2.58. The third-order valence-corrected chi connectivity index (χ3v) is 5.66. The summed E-state index contributed by atoms with van der Waals surface area (Å²) in [6, 6.07) is 8.23. The predicted octanol–water partition coefficient (Wildman–Crippen LogP) is 2.95. The fourth-order valence-corrected chi connectivity index (χ4v) is 4.17. The molecule has 1 heterocycles. The van der Waals surface area contributed by atoms with E-state index in [-0.39, 0.29) is 13.1 Å². The highest BCUT2D eigenvalue weighted by Crippen LogP contribution is 2.27. The molecule has 0 aromatic heterocycles. The second-order valence-corrected chi connectivity index (χ2v) is 7.27. The van der Waals surface area contributed by atoms with Crippen LogP contribution in [-0.2, 0) is 10.0 Å². The summed E-state index contributed by atoms with van der Waals surface area (Å²) >= 11 is 0. The molecule has 1 fully saturated rings. The van der Waals surface area contributed by atoms with Gasteiger partial charge in [0.15, 0.2) is 4.90 Å². The molecule has 1 aliphatic rings. The molecule has 0 saturated carbocycles. The van der Waals surface area contributed by atoms with E-state index in [1.165, 1.54) is 24.3 Å². The van der Waals surface area contributed by atoms with Crippen molar-refractivity contribution in [1.29, 1.82) is 0 Å². The molecular weight excluding hydrogens is 343 g/mol. The van der Waals surface area contributed by atoms with Gasteiger partial charge in [0.05, 0.1) is 6.54 Å². The molecule has 0 aliphatic carbocycles. The molecule has 2 aromatic rings. The van der Waals surface area contributed by atoms with Crippen LogP contribution in [0.1, 0.15) is 6.42 Å². The largest absolute Gasteiger partial charge is 0.489 e. The molecule has 0 radical (unpaired) electrons. The van der Waals surface area contributed by atoms with Crippen LogP contribution in [0.15, 0.2) is 47.4 Å². The Labute approximate surface area is 137 Å². The maximum absolute atomic E-state index is 13.8. The van der Waals surface area contributed by atoms with Crippen molar-refractivity contribution in [2.75, 3.05) is 13.1 Å². The number of benzene rings is 2. The SMILES string of the molecule is O=S(=O)(c1c(F)cccc1F)N1CC[C@H](Oc2ccc(F)cc2)C1. The Balaban J connectivity index is 1.76. The summed E-state index contributed by atoms with van der Waals surface area (Å²) in [5.41, 5.74) is 0. The van der Waals surface area contributed by atoms with Gasteiger partial charge in [0.25, 0.3) is 0 Å². The molecular formula is C16H14F3NO3S. The molecule has 0 unspecified atom stereocenters. The average molecular weight is 357 g/mol. The van der Waals surface area contributed by atoms with Crippen LogP contribution in [0.2, 0.25) is 0 Å². The van der Waals surface area contributed by atoms with E-state index in [0.29, 0.717) is 12.2 Å². The highest BCUT2D eigenvalue weighted by atomic mass is 32.2. The minimum Gasteiger partial charge on any atom is -0.489 e. The van der Waals surface area contributed by atoms with Gasteiger partial charge in [-0.1, -0.05) is 6.07 Å². The summed E-state index contributed by atoms with van der Waals surface area (Å²) in [6.07, 6.45) is -0.104. The van der Waals surface area contributed by atoms with E-state index in [4.69, 9.17) is 4.74 Å². The lowest BCUT2D eigenvalue weighted by molar-refractivity contribution is 0.215. The lowest BCUT2D eigenvalue weighted by atomic mass is 10.3. The van der Waals surface area contributed by atoms with E-state index in [2.05, 4.69) is 0 Å². The van der Waals surface area contributed by atoms with Crippen molar-refractivity contribution in [2.24, 2.45) is 0 Å². The number of hydrogen-bond acceptors (Lipinski definition) is 3. The highest BCUT2D eigenvalue weighted by molar-refractivity contribution is 7.89. The van der Waals surface area contributed by atoms with E-state index in [9.17, 15) is 21.6 Å². The minimum absolute atomic E-state index is 0.0342. The van der Waals surface area contributed by atoms with Gasteiger partial charge in [0.2, 0.25) is 10.0 Å². The third kappa shape index (κ3) is 3.25. The Bertz CT molecular complexity index is 820. The van der Waals surface area contributed by atoms with E-state index in [1.807, 2.05) is 0 Å². The van der Waals surface area contributed by atoms with Crippen LogP contribution < -0.4 is 4.74 Å². The third-order valence-electron chi connectivity index (χ3n) is 3.74. The first kappa shape index (κ1) is 16.8. The molecule has 24 heavy (non-hydrogen) atoms. The lowest BCUT2D eigenvalue weighted by Gasteiger charge is -2.18. The Morgan fingerprint density at radius 1 is 1.00 bits per heavy atom. The summed E-state index contributed by atoms with van der Waals surface area (Å²) in [4.78, 5) is -0.951. The van der Waals surface area contributed by atoms with Crippen LogP contribution in [0.4, 0.5) is 13.2 Å². The second-order valence-electron chi connectivity index (χ2n) is 5.40. The Morgan fingerprint density at radius 3 is 2.25 bits per heavy atom. The zero-order valence-electron chi connectivity index (χ0n) is 12.5. The smallest absolute Gasteiger partial charge is 0.249 e.